The van der Waals surface area contributed by atoms with Crippen LogP contribution in [0.5, 0.6) is 5.75 Å². The summed E-state index contributed by atoms with van der Waals surface area (Å²) < 4.78 is 5.24. The molecule has 2 unspecified atom stereocenters. The Kier molecular flexibility index (Phi) is 4.24. The third kappa shape index (κ3) is 2.67. The molecule has 6 heteroatoms. The van der Waals surface area contributed by atoms with Gasteiger partial charge in [0.15, 0.2) is 16.7 Å². The van der Waals surface area contributed by atoms with E-state index in [9.17, 15) is 0 Å². The summed E-state index contributed by atoms with van der Waals surface area (Å²) in [5.41, 5.74) is 3.31. The van der Waals surface area contributed by atoms with E-state index in [1.165, 1.54) is 25.6 Å². The van der Waals surface area contributed by atoms with Gasteiger partial charge >= 0.3 is 0 Å². The number of ether oxygens (including phenoxy) is 1. The van der Waals surface area contributed by atoms with E-state index in [0.29, 0.717) is 28.8 Å². The van der Waals surface area contributed by atoms with E-state index in [1.807, 2.05) is 0 Å². The van der Waals surface area contributed by atoms with Crippen LogP contribution < -0.4 is 10.2 Å². The number of hydrazine groups is 1. The standard InChI is InChI=1S/C12H19ClN4O/c1-8-5-4-6-9(2)17(8)16-12-10(18-3)11(13)14-7-15-12/h7-9H,4-6H2,1-3H3,(H,14,15,16). The monoisotopic (exact) mass is 270 g/mol. The van der Waals surface area contributed by atoms with E-state index in [1.54, 1.807) is 7.11 Å². The van der Waals surface area contributed by atoms with Crippen LogP contribution in [0.15, 0.2) is 6.33 Å². The first-order valence-corrected chi connectivity index (χ1v) is 6.60. The van der Waals surface area contributed by atoms with Crippen LogP contribution in [0.3, 0.4) is 0 Å². The molecule has 1 aromatic rings. The number of hydrogen-bond acceptors (Lipinski definition) is 5. The molecular weight excluding hydrogens is 252 g/mol. The predicted molar refractivity (Wildman–Crippen MR) is 71.8 cm³/mol. The number of piperidine rings is 1. The molecule has 1 saturated heterocycles. The minimum absolute atomic E-state index is 0.326. The van der Waals surface area contributed by atoms with E-state index in [2.05, 4.69) is 34.3 Å². The predicted octanol–water partition coefficient (Wildman–Crippen LogP) is 2.73. The van der Waals surface area contributed by atoms with Gasteiger partial charge in [-0.15, -0.1) is 0 Å². The maximum absolute atomic E-state index is 5.99. The Morgan fingerprint density at radius 2 is 2.00 bits per heavy atom. The molecule has 0 bridgehead atoms. The van der Waals surface area contributed by atoms with Crippen LogP contribution in [0.1, 0.15) is 33.1 Å². The molecule has 1 fully saturated rings. The molecule has 5 nitrogen and oxygen atoms in total. The number of halogens is 1. The average molecular weight is 271 g/mol. The molecule has 0 saturated carbocycles. The van der Waals surface area contributed by atoms with Gasteiger partial charge in [-0.1, -0.05) is 18.0 Å². The molecule has 1 aromatic heterocycles. The smallest absolute Gasteiger partial charge is 0.200 e. The lowest BCUT2D eigenvalue weighted by Gasteiger charge is -2.39. The lowest BCUT2D eigenvalue weighted by molar-refractivity contribution is 0.134. The lowest BCUT2D eigenvalue weighted by atomic mass is 10.00. The molecule has 0 spiro atoms. The Morgan fingerprint density at radius 1 is 1.33 bits per heavy atom. The first-order valence-electron chi connectivity index (χ1n) is 6.23. The normalized spacial score (nSPS) is 24.9. The van der Waals surface area contributed by atoms with Gasteiger partial charge in [0.2, 0.25) is 0 Å². The van der Waals surface area contributed by atoms with Crippen molar-refractivity contribution in [2.24, 2.45) is 0 Å². The van der Waals surface area contributed by atoms with E-state index in [-0.39, 0.29) is 0 Å². The highest BCUT2D eigenvalue weighted by Gasteiger charge is 2.26. The highest BCUT2D eigenvalue weighted by atomic mass is 35.5. The first kappa shape index (κ1) is 13.4. The summed E-state index contributed by atoms with van der Waals surface area (Å²) >= 11 is 5.99. The average Bonchev–Trinajstić information content (AvgIpc) is 2.34. The molecule has 1 aliphatic rings. The van der Waals surface area contributed by atoms with Gasteiger partial charge in [-0.25, -0.2) is 15.0 Å². The second kappa shape index (κ2) is 5.71. The number of rotatable bonds is 3. The quantitative estimate of drug-likeness (QED) is 0.856. The molecule has 100 valence electrons. The molecule has 0 amide bonds. The zero-order valence-corrected chi connectivity index (χ0v) is 11.7. The molecule has 18 heavy (non-hydrogen) atoms. The fourth-order valence-electron chi connectivity index (χ4n) is 2.38. The third-order valence-corrected chi connectivity index (χ3v) is 3.66. The van der Waals surface area contributed by atoms with E-state index in [4.69, 9.17) is 16.3 Å². The number of anilines is 1. The summed E-state index contributed by atoms with van der Waals surface area (Å²) in [5, 5.41) is 2.54. The van der Waals surface area contributed by atoms with Crippen molar-refractivity contribution in [2.45, 2.75) is 45.2 Å². The molecule has 0 radical (unpaired) electrons. The maximum atomic E-state index is 5.99. The van der Waals surface area contributed by atoms with Crippen molar-refractivity contribution in [1.82, 2.24) is 15.0 Å². The van der Waals surface area contributed by atoms with Gasteiger partial charge in [0.05, 0.1) is 7.11 Å². The number of nitrogens with one attached hydrogen (secondary N) is 1. The Balaban J connectivity index is 2.20. The van der Waals surface area contributed by atoms with Crippen LogP contribution in [0.4, 0.5) is 5.82 Å². The van der Waals surface area contributed by atoms with Crippen LogP contribution in [-0.2, 0) is 0 Å². The fourth-order valence-corrected chi connectivity index (χ4v) is 2.59. The lowest BCUT2D eigenvalue weighted by Crippen LogP contribution is -2.47. The van der Waals surface area contributed by atoms with Crippen molar-refractivity contribution >= 4 is 17.4 Å². The largest absolute Gasteiger partial charge is 0.490 e. The summed E-state index contributed by atoms with van der Waals surface area (Å²) in [6.45, 7) is 4.41. The van der Waals surface area contributed by atoms with Crippen LogP contribution in [0.25, 0.3) is 0 Å². The SMILES string of the molecule is COc1c(Cl)ncnc1NN1C(C)CCCC1C. The summed E-state index contributed by atoms with van der Waals surface area (Å²) in [7, 11) is 1.57. The van der Waals surface area contributed by atoms with Crippen molar-refractivity contribution in [3.8, 4) is 5.75 Å². The molecule has 2 heterocycles. The van der Waals surface area contributed by atoms with Crippen LogP contribution in [0.2, 0.25) is 5.15 Å². The van der Waals surface area contributed by atoms with Gasteiger partial charge in [0, 0.05) is 12.1 Å². The summed E-state index contributed by atoms with van der Waals surface area (Å²) in [6.07, 6.45) is 5.06. The number of methoxy groups -OCH3 is 1. The molecule has 0 aliphatic carbocycles. The second-order valence-electron chi connectivity index (χ2n) is 4.69. The molecule has 0 aromatic carbocycles. The third-order valence-electron chi connectivity index (χ3n) is 3.39. The Labute approximate surface area is 112 Å². The summed E-state index contributed by atoms with van der Waals surface area (Å²) in [5.74, 6) is 1.11. The fraction of sp³-hybridized carbons (Fsp3) is 0.667. The maximum Gasteiger partial charge on any atom is 0.200 e. The van der Waals surface area contributed by atoms with Crippen LogP contribution in [-0.4, -0.2) is 34.2 Å². The van der Waals surface area contributed by atoms with Gasteiger partial charge in [0.1, 0.15) is 6.33 Å². The van der Waals surface area contributed by atoms with Gasteiger partial charge in [-0.3, -0.25) is 5.43 Å². The molecule has 2 rings (SSSR count). The van der Waals surface area contributed by atoms with Gasteiger partial charge < -0.3 is 4.74 Å². The Morgan fingerprint density at radius 3 is 2.61 bits per heavy atom. The zero-order chi connectivity index (χ0) is 13.1. The highest BCUT2D eigenvalue weighted by Crippen LogP contribution is 2.31. The number of nitrogens with zero attached hydrogens (tertiary/aromatic N) is 3. The van der Waals surface area contributed by atoms with Crippen molar-refractivity contribution in [2.75, 3.05) is 12.5 Å². The minimum atomic E-state index is 0.326. The topological polar surface area (TPSA) is 50.3 Å². The van der Waals surface area contributed by atoms with Gasteiger partial charge in [0.25, 0.3) is 0 Å². The first-order chi connectivity index (χ1) is 8.63. The highest BCUT2D eigenvalue weighted by molar-refractivity contribution is 6.31. The van der Waals surface area contributed by atoms with Gasteiger partial charge in [-0.2, -0.15) is 0 Å². The molecule has 1 aliphatic heterocycles. The minimum Gasteiger partial charge on any atom is -0.490 e. The molecular formula is C12H19ClN4O. The summed E-state index contributed by atoms with van der Waals surface area (Å²) in [4.78, 5) is 8.11. The number of aromatic nitrogens is 2. The number of hydrogen-bond donors (Lipinski definition) is 1. The van der Waals surface area contributed by atoms with Crippen LogP contribution >= 0.6 is 11.6 Å². The van der Waals surface area contributed by atoms with Crippen molar-refractivity contribution in [3.63, 3.8) is 0 Å². The van der Waals surface area contributed by atoms with Crippen molar-refractivity contribution in [3.05, 3.63) is 11.5 Å². The Hall–Kier alpha value is -1.07. The van der Waals surface area contributed by atoms with Crippen LogP contribution in [0, 0.1) is 0 Å². The van der Waals surface area contributed by atoms with E-state index >= 15 is 0 Å². The second-order valence-corrected chi connectivity index (χ2v) is 5.05. The van der Waals surface area contributed by atoms with Crippen molar-refractivity contribution < 1.29 is 4.74 Å². The molecule has 2 atom stereocenters. The van der Waals surface area contributed by atoms with Crippen molar-refractivity contribution in [1.29, 1.82) is 0 Å². The van der Waals surface area contributed by atoms with E-state index in [0.717, 1.165) is 0 Å². The molecule has 1 N–H and O–H groups in total. The van der Waals surface area contributed by atoms with E-state index < -0.39 is 0 Å². The Bertz CT molecular complexity index is 405. The summed E-state index contributed by atoms with van der Waals surface area (Å²) in [6, 6.07) is 0.930. The van der Waals surface area contributed by atoms with Gasteiger partial charge in [-0.05, 0) is 26.7 Å². The zero-order valence-electron chi connectivity index (χ0n) is 11.0.